The lowest BCUT2D eigenvalue weighted by Crippen LogP contribution is -2.39. The van der Waals surface area contributed by atoms with Gasteiger partial charge in [0.15, 0.2) is 0 Å². The van der Waals surface area contributed by atoms with Crippen molar-refractivity contribution in [3.05, 3.63) is 24.4 Å². The van der Waals surface area contributed by atoms with Crippen LogP contribution in [-0.4, -0.2) is 29.2 Å². The molecular formula is C14H15F3N4. The number of nitrogens with two attached hydrogens (primary N) is 1. The fourth-order valence-corrected chi connectivity index (χ4v) is 2.61. The van der Waals surface area contributed by atoms with E-state index in [1.165, 1.54) is 0 Å². The Balaban J connectivity index is 1.78. The number of hydrogen-bond donors (Lipinski definition) is 1. The molecule has 1 aliphatic rings. The van der Waals surface area contributed by atoms with E-state index in [-0.39, 0.29) is 12.8 Å². The van der Waals surface area contributed by atoms with E-state index >= 15 is 0 Å². The lowest BCUT2D eigenvalue weighted by atomic mass is 9.96. The van der Waals surface area contributed by atoms with Crippen LogP contribution in [0.5, 0.6) is 0 Å². The summed E-state index contributed by atoms with van der Waals surface area (Å²) in [5.74, 6) is -0.588. The molecule has 4 nitrogen and oxygen atoms in total. The molecule has 0 aliphatic carbocycles. The fourth-order valence-electron chi connectivity index (χ4n) is 2.61. The lowest BCUT2D eigenvalue weighted by Gasteiger charge is -2.33. The van der Waals surface area contributed by atoms with Gasteiger partial charge in [-0.1, -0.05) is 0 Å². The minimum absolute atomic E-state index is 0.102. The third-order valence-corrected chi connectivity index (χ3v) is 3.84. The molecule has 1 fully saturated rings. The van der Waals surface area contributed by atoms with E-state index in [9.17, 15) is 13.2 Å². The van der Waals surface area contributed by atoms with Crippen LogP contribution in [0.3, 0.4) is 0 Å². The van der Waals surface area contributed by atoms with Gasteiger partial charge in [0.2, 0.25) is 0 Å². The number of benzene rings is 1. The zero-order valence-electron chi connectivity index (χ0n) is 11.3. The lowest BCUT2D eigenvalue weighted by molar-refractivity contribution is -0.179. The van der Waals surface area contributed by atoms with E-state index < -0.39 is 12.1 Å². The second kappa shape index (κ2) is 5.05. The Morgan fingerprint density at radius 1 is 1.14 bits per heavy atom. The Morgan fingerprint density at radius 2 is 1.86 bits per heavy atom. The van der Waals surface area contributed by atoms with Crippen molar-refractivity contribution in [2.45, 2.75) is 19.0 Å². The average Bonchev–Trinajstić information content (AvgIpc) is 2.46. The summed E-state index contributed by atoms with van der Waals surface area (Å²) in [5.41, 5.74) is 7.66. The Bertz CT molecular complexity index is 648. The maximum Gasteiger partial charge on any atom is 0.391 e. The van der Waals surface area contributed by atoms with Crippen molar-refractivity contribution in [1.82, 2.24) is 9.97 Å². The SMILES string of the molecule is Nc1ccc2nc(N3CCC(C(F)(F)F)CC3)cnc2c1. The van der Waals surface area contributed by atoms with Gasteiger partial charge in [0.25, 0.3) is 0 Å². The van der Waals surface area contributed by atoms with Crippen LogP contribution in [0.1, 0.15) is 12.8 Å². The summed E-state index contributed by atoms with van der Waals surface area (Å²) in [7, 11) is 0. The van der Waals surface area contributed by atoms with Gasteiger partial charge in [0.1, 0.15) is 5.82 Å². The molecule has 1 aliphatic heterocycles. The van der Waals surface area contributed by atoms with Crippen LogP contribution in [0.4, 0.5) is 24.7 Å². The number of aromatic nitrogens is 2. The Labute approximate surface area is 119 Å². The molecule has 0 radical (unpaired) electrons. The average molecular weight is 296 g/mol. The zero-order chi connectivity index (χ0) is 15.0. The summed E-state index contributed by atoms with van der Waals surface area (Å²) in [6.45, 7) is 0.693. The first-order chi connectivity index (χ1) is 9.93. The van der Waals surface area contributed by atoms with Crippen molar-refractivity contribution < 1.29 is 13.2 Å². The highest BCUT2D eigenvalue weighted by Gasteiger charge is 2.41. The van der Waals surface area contributed by atoms with E-state index in [1.54, 1.807) is 24.4 Å². The van der Waals surface area contributed by atoms with Crippen LogP contribution in [0, 0.1) is 5.92 Å². The highest BCUT2D eigenvalue weighted by Crippen LogP contribution is 2.35. The number of hydrogen-bond acceptors (Lipinski definition) is 4. The predicted octanol–water partition coefficient (Wildman–Crippen LogP) is 2.99. The first kappa shape index (κ1) is 13.9. The van der Waals surface area contributed by atoms with Gasteiger partial charge in [-0.3, -0.25) is 4.98 Å². The van der Waals surface area contributed by atoms with Gasteiger partial charge in [-0.15, -0.1) is 0 Å². The van der Waals surface area contributed by atoms with Crippen LogP contribution in [0.2, 0.25) is 0 Å². The Kier molecular flexibility index (Phi) is 3.35. The molecule has 1 aromatic carbocycles. The van der Waals surface area contributed by atoms with Crippen LogP contribution >= 0.6 is 0 Å². The van der Waals surface area contributed by atoms with E-state index in [0.29, 0.717) is 35.6 Å². The van der Waals surface area contributed by atoms with Crippen molar-refractivity contribution in [2.24, 2.45) is 5.92 Å². The Morgan fingerprint density at radius 3 is 2.52 bits per heavy atom. The molecule has 0 amide bonds. The summed E-state index contributed by atoms with van der Waals surface area (Å²) >= 11 is 0. The van der Waals surface area contributed by atoms with Crippen LogP contribution in [-0.2, 0) is 0 Å². The summed E-state index contributed by atoms with van der Waals surface area (Å²) in [4.78, 5) is 10.6. The summed E-state index contributed by atoms with van der Waals surface area (Å²) in [5, 5.41) is 0. The summed E-state index contributed by atoms with van der Waals surface area (Å²) in [6.07, 6.45) is -2.30. The molecule has 7 heteroatoms. The maximum atomic E-state index is 12.7. The van der Waals surface area contributed by atoms with Crippen LogP contribution < -0.4 is 10.6 Å². The van der Waals surface area contributed by atoms with Crippen LogP contribution in [0.15, 0.2) is 24.4 Å². The molecule has 112 valence electrons. The van der Waals surface area contributed by atoms with Gasteiger partial charge in [0.05, 0.1) is 23.1 Å². The highest BCUT2D eigenvalue weighted by atomic mass is 19.4. The Hall–Kier alpha value is -2.05. The quantitative estimate of drug-likeness (QED) is 0.822. The number of nitrogens with zero attached hydrogens (tertiary/aromatic N) is 3. The van der Waals surface area contributed by atoms with Gasteiger partial charge in [-0.25, -0.2) is 4.98 Å². The van der Waals surface area contributed by atoms with E-state index in [2.05, 4.69) is 9.97 Å². The molecule has 0 spiro atoms. The first-order valence-corrected chi connectivity index (χ1v) is 6.77. The molecule has 2 heterocycles. The first-order valence-electron chi connectivity index (χ1n) is 6.77. The second-order valence-electron chi connectivity index (χ2n) is 5.28. The molecule has 0 atom stereocenters. The van der Waals surface area contributed by atoms with Crippen molar-refractivity contribution in [1.29, 1.82) is 0 Å². The number of piperidine rings is 1. The molecular weight excluding hydrogens is 281 g/mol. The molecule has 1 saturated heterocycles. The molecule has 2 aromatic rings. The number of fused-ring (bicyclic) bond motifs is 1. The van der Waals surface area contributed by atoms with E-state index in [0.717, 1.165) is 0 Å². The number of anilines is 2. The fraction of sp³-hybridized carbons (Fsp3) is 0.429. The maximum absolute atomic E-state index is 12.7. The normalized spacial score (nSPS) is 17.4. The van der Waals surface area contributed by atoms with Gasteiger partial charge in [-0.05, 0) is 31.0 Å². The van der Waals surface area contributed by atoms with Crippen molar-refractivity contribution in [3.63, 3.8) is 0 Å². The molecule has 21 heavy (non-hydrogen) atoms. The monoisotopic (exact) mass is 296 g/mol. The minimum Gasteiger partial charge on any atom is -0.399 e. The minimum atomic E-state index is -4.10. The molecule has 3 rings (SSSR count). The smallest absolute Gasteiger partial charge is 0.391 e. The largest absolute Gasteiger partial charge is 0.399 e. The third kappa shape index (κ3) is 2.86. The molecule has 0 unspecified atom stereocenters. The van der Waals surface area contributed by atoms with Crippen LogP contribution in [0.25, 0.3) is 11.0 Å². The third-order valence-electron chi connectivity index (χ3n) is 3.84. The standard InChI is InChI=1S/C14H15F3N4/c15-14(16,17)9-3-5-21(6-4-9)13-8-19-12-7-10(18)1-2-11(12)20-13/h1-2,7-9H,3-6,18H2. The highest BCUT2D eigenvalue weighted by molar-refractivity contribution is 5.79. The predicted molar refractivity (Wildman–Crippen MR) is 74.9 cm³/mol. The summed E-state index contributed by atoms with van der Waals surface area (Å²) < 4.78 is 38.0. The van der Waals surface area contributed by atoms with Gasteiger partial charge >= 0.3 is 6.18 Å². The van der Waals surface area contributed by atoms with Crippen molar-refractivity contribution in [3.8, 4) is 0 Å². The number of rotatable bonds is 1. The van der Waals surface area contributed by atoms with Crippen molar-refractivity contribution in [2.75, 3.05) is 23.7 Å². The van der Waals surface area contributed by atoms with E-state index in [1.807, 2.05) is 4.90 Å². The molecule has 0 bridgehead atoms. The summed E-state index contributed by atoms with van der Waals surface area (Å²) in [6, 6.07) is 5.22. The van der Waals surface area contributed by atoms with Crippen molar-refractivity contribution >= 4 is 22.5 Å². The van der Waals surface area contributed by atoms with Gasteiger partial charge in [0, 0.05) is 18.8 Å². The number of halogens is 3. The molecule has 0 saturated carbocycles. The molecule has 2 N–H and O–H groups in total. The zero-order valence-corrected chi connectivity index (χ0v) is 11.3. The number of nitrogen functional groups attached to an aromatic ring is 1. The second-order valence-corrected chi connectivity index (χ2v) is 5.28. The van der Waals surface area contributed by atoms with Gasteiger partial charge in [-0.2, -0.15) is 13.2 Å². The topological polar surface area (TPSA) is 55.0 Å². The van der Waals surface area contributed by atoms with E-state index in [4.69, 9.17) is 5.73 Å². The van der Waals surface area contributed by atoms with Gasteiger partial charge < -0.3 is 10.6 Å². The number of alkyl halides is 3. The molecule has 1 aromatic heterocycles.